The molecule has 0 bridgehead atoms. The zero-order chi connectivity index (χ0) is 19.1. The van der Waals surface area contributed by atoms with Crippen LogP contribution in [0, 0.1) is 5.82 Å². The predicted octanol–water partition coefficient (Wildman–Crippen LogP) is 2.86. The number of halogens is 1. The van der Waals surface area contributed by atoms with E-state index in [-0.39, 0.29) is 23.6 Å². The standard InChI is InChI=1S/C18H23FN4O3S/c1-2-25-17(24)12-27-18-22-21-16(23(18)11-15-4-3-9-26-15)10-20-14-7-5-13(19)6-8-14/h5-8,15,20H,2-4,9-12H2,1H3/t15-/m0/s1. The van der Waals surface area contributed by atoms with Crippen molar-refractivity contribution in [3.05, 3.63) is 35.9 Å². The highest BCUT2D eigenvalue weighted by Gasteiger charge is 2.21. The molecule has 1 aliphatic rings. The van der Waals surface area contributed by atoms with Gasteiger partial charge in [0.05, 0.1) is 31.6 Å². The van der Waals surface area contributed by atoms with E-state index >= 15 is 0 Å². The fraction of sp³-hybridized carbons (Fsp3) is 0.500. The number of carbonyl (C=O) groups excluding carboxylic acids is 1. The van der Waals surface area contributed by atoms with Gasteiger partial charge in [0.25, 0.3) is 0 Å². The summed E-state index contributed by atoms with van der Waals surface area (Å²) >= 11 is 1.30. The first-order chi connectivity index (χ1) is 13.2. The van der Waals surface area contributed by atoms with Crippen LogP contribution < -0.4 is 5.32 Å². The number of nitrogens with one attached hydrogen (secondary N) is 1. The second kappa shape index (κ2) is 9.70. The van der Waals surface area contributed by atoms with Crippen LogP contribution in [0.1, 0.15) is 25.6 Å². The molecule has 0 aliphatic carbocycles. The molecule has 2 aromatic rings. The van der Waals surface area contributed by atoms with Gasteiger partial charge in [-0.3, -0.25) is 4.79 Å². The Morgan fingerprint density at radius 2 is 2.22 bits per heavy atom. The quantitative estimate of drug-likeness (QED) is 0.517. The Labute approximate surface area is 161 Å². The average molecular weight is 394 g/mol. The van der Waals surface area contributed by atoms with Crippen molar-refractivity contribution in [1.82, 2.24) is 14.8 Å². The second-order valence-corrected chi connectivity index (χ2v) is 7.04. The van der Waals surface area contributed by atoms with Gasteiger partial charge < -0.3 is 19.4 Å². The van der Waals surface area contributed by atoms with E-state index in [9.17, 15) is 9.18 Å². The van der Waals surface area contributed by atoms with Gasteiger partial charge in [-0.1, -0.05) is 11.8 Å². The van der Waals surface area contributed by atoms with Crippen molar-refractivity contribution in [2.45, 2.75) is 44.1 Å². The highest BCUT2D eigenvalue weighted by molar-refractivity contribution is 7.99. The van der Waals surface area contributed by atoms with Crippen molar-refractivity contribution >= 4 is 23.4 Å². The molecular weight excluding hydrogens is 371 g/mol. The molecule has 3 rings (SSSR count). The van der Waals surface area contributed by atoms with E-state index in [0.717, 1.165) is 31.0 Å². The van der Waals surface area contributed by atoms with Gasteiger partial charge in [-0.05, 0) is 44.0 Å². The topological polar surface area (TPSA) is 78.3 Å². The van der Waals surface area contributed by atoms with Gasteiger partial charge in [0.15, 0.2) is 11.0 Å². The lowest BCUT2D eigenvalue weighted by Gasteiger charge is -2.15. The smallest absolute Gasteiger partial charge is 0.316 e. The third-order valence-corrected chi connectivity index (χ3v) is 5.06. The molecule has 0 radical (unpaired) electrons. The molecule has 7 nitrogen and oxygen atoms in total. The van der Waals surface area contributed by atoms with E-state index in [1.165, 1.54) is 23.9 Å². The van der Waals surface area contributed by atoms with Gasteiger partial charge in [-0.25, -0.2) is 4.39 Å². The van der Waals surface area contributed by atoms with E-state index in [0.29, 0.717) is 24.9 Å². The highest BCUT2D eigenvalue weighted by Crippen LogP contribution is 2.22. The SMILES string of the molecule is CCOC(=O)CSc1nnc(CNc2ccc(F)cc2)n1C[C@@H]1CCCO1. The van der Waals surface area contributed by atoms with Crippen LogP contribution in [0.5, 0.6) is 0 Å². The monoisotopic (exact) mass is 394 g/mol. The maximum Gasteiger partial charge on any atom is 0.316 e. The minimum atomic E-state index is -0.278. The van der Waals surface area contributed by atoms with Crippen molar-refractivity contribution in [2.75, 3.05) is 24.3 Å². The van der Waals surface area contributed by atoms with Crippen LogP contribution >= 0.6 is 11.8 Å². The summed E-state index contributed by atoms with van der Waals surface area (Å²) in [6, 6.07) is 6.15. The molecule has 27 heavy (non-hydrogen) atoms. The molecule has 2 heterocycles. The molecule has 1 aliphatic heterocycles. The molecule has 0 saturated carbocycles. The normalized spacial score (nSPS) is 16.4. The first-order valence-electron chi connectivity index (χ1n) is 8.97. The van der Waals surface area contributed by atoms with Crippen molar-refractivity contribution in [3.63, 3.8) is 0 Å². The number of ether oxygens (including phenoxy) is 2. The van der Waals surface area contributed by atoms with Crippen LogP contribution in [-0.4, -0.2) is 45.8 Å². The summed E-state index contributed by atoms with van der Waals surface area (Å²) in [6.45, 7) is 3.97. The van der Waals surface area contributed by atoms with Crippen molar-refractivity contribution in [1.29, 1.82) is 0 Å². The predicted molar refractivity (Wildman–Crippen MR) is 100 cm³/mol. The number of benzene rings is 1. The van der Waals surface area contributed by atoms with Crippen LogP contribution in [0.2, 0.25) is 0 Å². The maximum atomic E-state index is 13.0. The number of rotatable bonds is 9. The van der Waals surface area contributed by atoms with E-state index in [4.69, 9.17) is 9.47 Å². The van der Waals surface area contributed by atoms with Crippen molar-refractivity contribution < 1.29 is 18.7 Å². The Morgan fingerprint density at radius 3 is 2.93 bits per heavy atom. The summed E-state index contributed by atoms with van der Waals surface area (Å²) in [6.07, 6.45) is 2.15. The number of hydrogen-bond donors (Lipinski definition) is 1. The largest absolute Gasteiger partial charge is 0.465 e. The summed E-state index contributed by atoms with van der Waals surface area (Å²) in [5, 5.41) is 12.4. The number of esters is 1. The Morgan fingerprint density at radius 1 is 1.41 bits per heavy atom. The number of carbonyl (C=O) groups is 1. The molecule has 0 unspecified atom stereocenters. The van der Waals surface area contributed by atoms with Crippen LogP contribution in [0.4, 0.5) is 10.1 Å². The number of nitrogens with zero attached hydrogens (tertiary/aromatic N) is 3. The van der Waals surface area contributed by atoms with Crippen molar-refractivity contribution in [2.24, 2.45) is 0 Å². The zero-order valence-corrected chi connectivity index (χ0v) is 16.0. The lowest BCUT2D eigenvalue weighted by molar-refractivity contribution is -0.139. The van der Waals surface area contributed by atoms with Crippen LogP contribution in [0.15, 0.2) is 29.4 Å². The molecule has 1 N–H and O–H groups in total. The fourth-order valence-electron chi connectivity index (χ4n) is 2.81. The molecule has 146 valence electrons. The first-order valence-corrected chi connectivity index (χ1v) is 9.95. The average Bonchev–Trinajstić information content (AvgIpc) is 3.31. The van der Waals surface area contributed by atoms with E-state index in [1.54, 1.807) is 19.1 Å². The molecular formula is C18H23FN4O3S. The van der Waals surface area contributed by atoms with E-state index in [2.05, 4.69) is 15.5 Å². The maximum absolute atomic E-state index is 13.0. The third kappa shape index (κ3) is 5.67. The van der Waals surface area contributed by atoms with Crippen molar-refractivity contribution in [3.8, 4) is 0 Å². The second-order valence-electron chi connectivity index (χ2n) is 6.10. The molecule has 0 amide bonds. The third-order valence-electron chi connectivity index (χ3n) is 4.12. The Kier molecular flexibility index (Phi) is 7.05. The van der Waals surface area contributed by atoms with Crippen LogP contribution in [-0.2, 0) is 27.4 Å². The van der Waals surface area contributed by atoms with Gasteiger partial charge in [0.1, 0.15) is 5.82 Å². The fourth-order valence-corrected chi connectivity index (χ4v) is 3.57. The lowest BCUT2D eigenvalue weighted by Crippen LogP contribution is -2.19. The van der Waals surface area contributed by atoms with Gasteiger partial charge in [0, 0.05) is 12.3 Å². The molecule has 0 spiro atoms. The number of aromatic nitrogens is 3. The Hall–Kier alpha value is -2.13. The minimum Gasteiger partial charge on any atom is -0.465 e. The van der Waals surface area contributed by atoms with Gasteiger partial charge >= 0.3 is 5.97 Å². The van der Waals surface area contributed by atoms with Gasteiger partial charge in [-0.15, -0.1) is 10.2 Å². The van der Waals surface area contributed by atoms with Gasteiger partial charge in [0.2, 0.25) is 0 Å². The lowest BCUT2D eigenvalue weighted by atomic mass is 10.2. The van der Waals surface area contributed by atoms with Crippen LogP contribution in [0.3, 0.4) is 0 Å². The summed E-state index contributed by atoms with van der Waals surface area (Å²) in [5.41, 5.74) is 0.795. The van der Waals surface area contributed by atoms with Crippen LogP contribution in [0.25, 0.3) is 0 Å². The number of hydrogen-bond acceptors (Lipinski definition) is 7. The Bertz CT molecular complexity index is 748. The van der Waals surface area contributed by atoms with Gasteiger partial charge in [-0.2, -0.15) is 0 Å². The summed E-state index contributed by atoms with van der Waals surface area (Å²) in [7, 11) is 0. The minimum absolute atomic E-state index is 0.118. The Balaban J connectivity index is 1.69. The molecule has 9 heteroatoms. The number of anilines is 1. The van der Waals surface area contributed by atoms with E-state index < -0.39 is 0 Å². The summed E-state index contributed by atoms with van der Waals surface area (Å²) in [5.74, 6) is 0.365. The highest BCUT2D eigenvalue weighted by atomic mass is 32.2. The summed E-state index contributed by atoms with van der Waals surface area (Å²) < 4.78 is 25.7. The molecule has 1 fully saturated rings. The zero-order valence-electron chi connectivity index (χ0n) is 15.2. The molecule has 1 atom stereocenters. The molecule has 1 aromatic heterocycles. The summed E-state index contributed by atoms with van der Waals surface area (Å²) in [4.78, 5) is 11.6. The molecule has 1 saturated heterocycles. The first kappa shape index (κ1) is 19.6. The number of thioether (sulfide) groups is 1. The molecule has 1 aromatic carbocycles. The van der Waals surface area contributed by atoms with E-state index in [1.807, 2.05) is 4.57 Å².